The SMILES string of the molecule is COc1cc(/C=C(/C#N)c2ccc(Cl)cc2)cc(I)c1OCc1ccc(Cl)cc1. The van der Waals surface area contributed by atoms with Gasteiger partial charge in [-0.15, -0.1) is 0 Å². The molecule has 0 heterocycles. The van der Waals surface area contributed by atoms with E-state index in [0.717, 1.165) is 20.3 Å². The molecule has 29 heavy (non-hydrogen) atoms. The topological polar surface area (TPSA) is 42.2 Å². The van der Waals surface area contributed by atoms with Crippen LogP contribution in [0.25, 0.3) is 11.6 Å². The normalized spacial score (nSPS) is 11.1. The summed E-state index contributed by atoms with van der Waals surface area (Å²) >= 11 is 14.1. The van der Waals surface area contributed by atoms with E-state index in [1.807, 2.05) is 54.6 Å². The fourth-order valence-electron chi connectivity index (χ4n) is 2.68. The summed E-state index contributed by atoms with van der Waals surface area (Å²) in [4.78, 5) is 0. The molecular formula is C23H16Cl2INO2. The Morgan fingerprint density at radius 3 is 2.24 bits per heavy atom. The van der Waals surface area contributed by atoms with Crippen LogP contribution >= 0.6 is 45.8 Å². The second-order valence-electron chi connectivity index (χ2n) is 6.13. The van der Waals surface area contributed by atoms with Gasteiger partial charge in [0.15, 0.2) is 11.5 Å². The standard InChI is InChI=1S/C23H16Cl2INO2/c1-28-22-12-16(10-18(13-27)17-4-8-20(25)9-5-17)11-21(26)23(22)29-14-15-2-6-19(24)7-3-15/h2-12H,14H2,1H3/b18-10-. The molecule has 0 aromatic heterocycles. The Morgan fingerprint density at radius 1 is 1.03 bits per heavy atom. The molecule has 0 saturated carbocycles. The van der Waals surface area contributed by atoms with E-state index in [-0.39, 0.29) is 0 Å². The minimum atomic E-state index is 0.396. The monoisotopic (exact) mass is 535 g/mol. The predicted molar refractivity (Wildman–Crippen MR) is 126 cm³/mol. The third-order valence-corrected chi connectivity index (χ3v) is 5.44. The lowest BCUT2D eigenvalue weighted by Gasteiger charge is -2.14. The van der Waals surface area contributed by atoms with Gasteiger partial charge in [0.25, 0.3) is 0 Å². The number of ether oxygens (including phenoxy) is 2. The number of nitriles is 1. The van der Waals surface area contributed by atoms with E-state index >= 15 is 0 Å². The fourth-order valence-corrected chi connectivity index (χ4v) is 3.71. The molecule has 3 aromatic rings. The molecule has 0 amide bonds. The van der Waals surface area contributed by atoms with Gasteiger partial charge in [-0.3, -0.25) is 0 Å². The molecule has 0 radical (unpaired) electrons. The summed E-state index contributed by atoms with van der Waals surface area (Å²) in [5.41, 5.74) is 3.19. The molecule has 0 aliphatic rings. The molecule has 3 aromatic carbocycles. The second-order valence-corrected chi connectivity index (χ2v) is 8.16. The van der Waals surface area contributed by atoms with Crippen molar-refractivity contribution in [2.75, 3.05) is 7.11 Å². The van der Waals surface area contributed by atoms with Gasteiger partial charge in [-0.1, -0.05) is 47.5 Å². The molecule has 146 valence electrons. The number of hydrogen-bond acceptors (Lipinski definition) is 3. The summed E-state index contributed by atoms with van der Waals surface area (Å²) in [6.07, 6.45) is 1.82. The number of allylic oxidation sites excluding steroid dienone is 1. The average Bonchev–Trinajstić information content (AvgIpc) is 2.72. The molecule has 0 fully saturated rings. The highest BCUT2D eigenvalue weighted by Crippen LogP contribution is 2.35. The lowest BCUT2D eigenvalue weighted by atomic mass is 10.0. The van der Waals surface area contributed by atoms with Crippen molar-refractivity contribution in [1.82, 2.24) is 0 Å². The summed E-state index contributed by atoms with van der Waals surface area (Å²) in [5, 5.41) is 10.9. The maximum absolute atomic E-state index is 9.57. The number of hydrogen-bond donors (Lipinski definition) is 0. The molecule has 0 N–H and O–H groups in total. The van der Waals surface area contributed by atoms with Crippen LogP contribution in [0.2, 0.25) is 10.0 Å². The van der Waals surface area contributed by atoms with E-state index in [1.54, 1.807) is 19.2 Å². The third kappa shape index (κ3) is 5.66. The van der Waals surface area contributed by atoms with Crippen LogP contribution in [0.15, 0.2) is 60.7 Å². The van der Waals surface area contributed by atoms with E-state index in [4.69, 9.17) is 32.7 Å². The molecule has 0 aliphatic heterocycles. The van der Waals surface area contributed by atoms with Gasteiger partial charge in [0, 0.05) is 10.0 Å². The summed E-state index contributed by atoms with van der Waals surface area (Å²) < 4.78 is 12.4. The Balaban J connectivity index is 1.88. The third-order valence-electron chi connectivity index (χ3n) is 4.13. The minimum absolute atomic E-state index is 0.396. The molecule has 6 heteroatoms. The van der Waals surface area contributed by atoms with E-state index in [2.05, 4.69) is 28.7 Å². The molecule has 0 unspecified atom stereocenters. The van der Waals surface area contributed by atoms with E-state index in [9.17, 15) is 5.26 Å². The molecule has 3 rings (SSSR count). The molecule has 0 saturated heterocycles. The first-order valence-corrected chi connectivity index (χ1v) is 10.5. The highest BCUT2D eigenvalue weighted by atomic mass is 127. The van der Waals surface area contributed by atoms with E-state index < -0.39 is 0 Å². The summed E-state index contributed by atoms with van der Waals surface area (Å²) in [6, 6.07) is 20.7. The van der Waals surface area contributed by atoms with Crippen LogP contribution in [0.4, 0.5) is 0 Å². The largest absolute Gasteiger partial charge is 0.493 e. The first kappa shape index (κ1) is 21.5. The van der Waals surface area contributed by atoms with Crippen LogP contribution in [0.5, 0.6) is 11.5 Å². The Labute approximate surface area is 193 Å². The molecular weight excluding hydrogens is 520 g/mol. The van der Waals surface area contributed by atoms with Gasteiger partial charge in [-0.2, -0.15) is 5.26 Å². The Bertz CT molecular complexity index is 1070. The van der Waals surface area contributed by atoms with Gasteiger partial charge in [0.2, 0.25) is 0 Å². The lowest BCUT2D eigenvalue weighted by molar-refractivity contribution is 0.282. The van der Waals surface area contributed by atoms with Crippen molar-refractivity contribution in [3.8, 4) is 17.6 Å². The minimum Gasteiger partial charge on any atom is -0.493 e. The van der Waals surface area contributed by atoms with Gasteiger partial charge in [-0.05, 0) is 81.8 Å². The number of benzene rings is 3. The first-order chi connectivity index (χ1) is 14.0. The Kier molecular flexibility index (Phi) is 7.43. The molecule has 0 aliphatic carbocycles. The van der Waals surface area contributed by atoms with Crippen molar-refractivity contribution in [3.63, 3.8) is 0 Å². The van der Waals surface area contributed by atoms with Crippen LogP contribution < -0.4 is 9.47 Å². The van der Waals surface area contributed by atoms with Gasteiger partial charge in [-0.25, -0.2) is 0 Å². The zero-order chi connectivity index (χ0) is 20.8. The highest BCUT2D eigenvalue weighted by Gasteiger charge is 2.12. The first-order valence-electron chi connectivity index (χ1n) is 8.62. The molecule has 0 bridgehead atoms. The van der Waals surface area contributed by atoms with Gasteiger partial charge >= 0.3 is 0 Å². The number of methoxy groups -OCH3 is 1. The fraction of sp³-hybridized carbons (Fsp3) is 0.0870. The number of rotatable bonds is 6. The van der Waals surface area contributed by atoms with Gasteiger partial charge < -0.3 is 9.47 Å². The Hall–Kier alpha value is -2.20. The maximum Gasteiger partial charge on any atom is 0.174 e. The van der Waals surface area contributed by atoms with Crippen molar-refractivity contribution in [1.29, 1.82) is 5.26 Å². The van der Waals surface area contributed by atoms with Crippen molar-refractivity contribution in [3.05, 3.63) is 91.0 Å². The molecule has 3 nitrogen and oxygen atoms in total. The molecule has 0 spiro atoms. The average molecular weight is 536 g/mol. The predicted octanol–water partition coefficient (Wildman–Crippen LogP) is 7.25. The van der Waals surface area contributed by atoms with E-state index in [1.165, 1.54) is 0 Å². The zero-order valence-electron chi connectivity index (χ0n) is 15.5. The van der Waals surface area contributed by atoms with Crippen LogP contribution in [0, 0.1) is 14.9 Å². The molecule has 0 atom stereocenters. The van der Waals surface area contributed by atoms with Gasteiger partial charge in [0.05, 0.1) is 22.3 Å². The van der Waals surface area contributed by atoms with Crippen LogP contribution in [-0.4, -0.2) is 7.11 Å². The van der Waals surface area contributed by atoms with Crippen LogP contribution in [-0.2, 0) is 6.61 Å². The Morgan fingerprint density at radius 2 is 1.66 bits per heavy atom. The van der Waals surface area contributed by atoms with Crippen LogP contribution in [0.1, 0.15) is 16.7 Å². The highest BCUT2D eigenvalue weighted by molar-refractivity contribution is 14.1. The second kappa shape index (κ2) is 10.0. The summed E-state index contributed by atoms with van der Waals surface area (Å²) in [5.74, 6) is 1.26. The van der Waals surface area contributed by atoms with Gasteiger partial charge in [0.1, 0.15) is 6.61 Å². The quantitative estimate of drug-likeness (QED) is 0.190. The number of halogens is 3. The van der Waals surface area contributed by atoms with Crippen molar-refractivity contribution in [2.45, 2.75) is 6.61 Å². The zero-order valence-corrected chi connectivity index (χ0v) is 19.1. The van der Waals surface area contributed by atoms with Crippen molar-refractivity contribution < 1.29 is 9.47 Å². The van der Waals surface area contributed by atoms with Crippen molar-refractivity contribution >= 4 is 57.4 Å². The lowest BCUT2D eigenvalue weighted by Crippen LogP contribution is -2.00. The van der Waals surface area contributed by atoms with Crippen molar-refractivity contribution in [2.24, 2.45) is 0 Å². The summed E-state index contributed by atoms with van der Waals surface area (Å²) in [7, 11) is 1.60. The maximum atomic E-state index is 9.57. The number of nitrogens with zero attached hydrogens (tertiary/aromatic N) is 1. The summed E-state index contributed by atoms with van der Waals surface area (Å²) in [6.45, 7) is 0.396. The van der Waals surface area contributed by atoms with Crippen LogP contribution in [0.3, 0.4) is 0 Å². The van der Waals surface area contributed by atoms with E-state index in [0.29, 0.717) is 33.7 Å². The smallest absolute Gasteiger partial charge is 0.174 e.